The average molecular weight is 339 g/mol. The van der Waals surface area contributed by atoms with Gasteiger partial charge in [0, 0.05) is 18.9 Å². The van der Waals surface area contributed by atoms with Crippen LogP contribution in [0, 0.1) is 18.2 Å². The second-order valence-electron chi connectivity index (χ2n) is 6.27. The first-order valence-corrected chi connectivity index (χ1v) is 7.78. The Morgan fingerprint density at radius 3 is 2.83 bits per heavy atom. The molecule has 4 nitrogen and oxygen atoms in total. The third kappa shape index (κ3) is 4.19. The summed E-state index contributed by atoms with van der Waals surface area (Å²) >= 11 is 0. The van der Waals surface area contributed by atoms with Crippen LogP contribution in [0.1, 0.15) is 49.9 Å². The second-order valence-corrected chi connectivity index (χ2v) is 6.27. The molecule has 0 bridgehead atoms. The van der Waals surface area contributed by atoms with Gasteiger partial charge in [0.1, 0.15) is 11.6 Å². The number of pyridine rings is 1. The van der Waals surface area contributed by atoms with Crippen LogP contribution in [-0.2, 0) is 0 Å². The van der Waals surface area contributed by atoms with E-state index in [4.69, 9.17) is 6.42 Å². The molecule has 1 aliphatic rings. The maximum atomic E-state index is 13.5. The maximum absolute atomic E-state index is 13.5. The van der Waals surface area contributed by atoms with E-state index in [2.05, 4.69) is 21.5 Å². The SMILES string of the molecule is C#C[C@](C)(CC)NC(=O)c1cc(F)cnc1NC1CCC(F)(F)C1. The van der Waals surface area contributed by atoms with E-state index in [1.807, 2.05) is 6.92 Å². The topological polar surface area (TPSA) is 54.0 Å². The molecule has 1 unspecified atom stereocenters. The van der Waals surface area contributed by atoms with Crippen molar-refractivity contribution in [2.45, 2.75) is 57.0 Å². The fraction of sp³-hybridized carbons (Fsp3) is 0.529. The van der Waals surface area contributed by atoms with Crippen molar-refractivity contribution in [3.8, 4) is 12.3 Å². The van der Waals surface area contributed by atoms with E-state index < -0.39 is 29.2 Å². The number of terminal acetylenes is 1. The van der Waals surface area contributed by atoms with Crippen molar-refractivity contribution >= 4 is 11.7 Å². The number of carbonyl (C=O) groups excluding carboxylic acids is 1. The van der Waals surface area contributed by atoms with Gasteiger partial charge < -0.3 is 10.6 Å². The highest BCUT2D eigenvalue weighted by Crippen LogP contribution is 2.36. The highest BCUT2D eigenvalue weighted by Gasteiger charge is 2.40. The molecule has 0 saturated heterocycles. The molecule has 0 aromatic carbocycles. The second kappa shape index (κ2) is 6.71. The molecule has 24 heavy (non-hydrogen) atoms. The predicted molar refractivity (Wildman–Crippen MR) is 85.4 cm³/mol. The Labute approximate surface area is 139 Å². The summed E-state index contributed by atoms with van der Waals surface area (Å²) in [5.41, 5.74) is -0.943. The first kappa shape index (κ1) is 18.1. The highest BCUT2D eigenvalue weighted by molar-refractivity contribution is 5.99. The van der Waals surface area contributed by atoms with Crippen LogP contribution in [0.5, 0.6) is 0 Å². The van der Waals surface area contributed by atoms with Crippen molar-refractivity contribution in [1.82, 2.24) is 10.3 Å². The van der Waals surface area contributed by atoms with Crippen LogP contribution in [0.4, 0.5) is 19.0 Å². The van der Waals surface area contributed by atoms with Crippen LogP contribution in [-0.4, -0.2) is 28.4 Å². The van der Waals surface area contributed by atoms with Crippen molar-refractivity contribution < 1.29 is 18.0 Å². The third-order valence-electron chi connectivity index (χ3n) is 4.26. The van der Waals surface area contributed by atoms with Crippen LogP contribution >= 0.6 is 0 Å². The quantitative estimate of drug-likeness (QED) is 0.809. The lowest BCUT2D eigenvalue weighted by Crippen LogP contribution is -2.44. The first-order chi connectivity index (χ1) is 11.2. The van der Waals surface area contributed by atoms with Gasteiger partial charge in [0.2, 0.25) is 5.92 Å². The Kier molecular flexibility index (Phi) is 5.07. The Morgan fingerprint density at radius 2 is 2.29 bits per heavy atom. The molecule has 1 amide bonds. The van der Waals surface area contributed by atoms with Gasteiger partial charge in [-0.3, -0.25) is 4.79 Å². The number of hydrogen-bond acceptors (Lipinski definition) is 3. The molecule has 2 N–H and O–H groups in total. The molecular weight excluding hydrogens is 319 g/mol. The summed E-state index contributed by atoms with van der Waals surface area (Å²) < 4.78 is 40.1. The predicted octanol–water partition coefficient (Wildman–Crippen LogP) is 3.35. The number of aromatic nitrogens is 1. The van der Waals surface area contributed by atoms with Gasteiger partial charge in [-0.15, -0.1) is 6.42 Å². The minimum atomic E-state index is -2.73. The first-order valence-electron chi connectivity index (χ1n) is 7.78. The molecule has 7 heteroatoms. The van der Waals surface area contributed by atoms with Gasteiger partial charge in [-0.25, -0.2) is 18.2 Å². The van der Waals surface area contributed by atoms with E-state index in [-0.39, 0.29) is 30.6 Å². The van der Waals surface area contributed by atoms with Gasteiger partial charge >= 0.3 is 0 Å². The largest absolute Gasteiger partial charge is 0.366 e. The van der Waals surface area contributed by atoms with E-state index in [0.717, 1.165) is 12.3 Å². The minimum Gasteiger partial charge on any atom is -0.366 e. The zero-order valence-corrected chi connectivity index (χ0v) is 13.6. The normalized spacial score (nSPS) is 21.6. The fourth-order valence-electron chi connectivity index (χ4n) is 2.54. The molecule has 2 rings (SSSR count). The van der Waals surface area contributed by atoms with Crippen molar-refractivity contribution in [3.05, 3.63) is 23.6 Å². The van der Waals surface area contributed by atoms with Gasteiger partial charge in [0.05, 0.1) is 17.3 Å². The molecule has 0 spiro atoms. The highest BCUT2D eigenvalue weighted by atomic mass is 19.3. The Bertz CT molecular complexity index is 672. The summed E-state index contributed by atoms with van der Waals surface area (Å²) in [5.74, 6) is -1.47. The summed E-state index contributed by atoms with van der Waals surface area (Å²) in [7, 11) is 0. The third-order valence-corrected chi connectivity index (χ3v) is 4.26. The zero-order chi connectivity index (χ0) is 18.0. The summed E-state index contributed by atoms with van der Waals surface area (Å²) in [5, 5.41) is 5.47. The van der Waals surface area contributed by atoms with E-state index in [9.17, 15) is 18.0 Å². The molecule has 130 valence electrons. The molecule has 1 fully saturated rings. The number of rotatable bonds is 5. The lowest BCUT2D eigenvalue weighted by molar-refractivity contribution is 0.00851. The molecule has 1 saturated carbocycles. The van der Waals surface area contributed by atoms with E-state index in [1.54, 1.807) is 6.92 Å². The number of alkyl halides is 2. The lowest BCUT2D eigenvalue weighted by atomic mass is 9.99. The van der Waals surface area contributed by atoms with Crippen LogP contribution in [0.3, 0.4) is 0 Å². The summed E-state index contributed by atoms with van der Waals surface area (Å²) in [6.45, 7) is 3.48. The van der Waals surface area contributed by atoms with Crippen LogP contribution < -0.4 is 10.6 Å². The summed E-state index contributed by atoms with van der Waals surface area (Å²) in [6.07, 6.45) is 6.53. The lowest BCUT2D eigenvalue weighted by Gasteiger charge is -2.24. The minimum absolute atomic E-state index is 0.0554. The monoisotopic (exact) mass is 339 g/mol. The Morgan fingerprint density at radius 1 is 1.58 bits per heavy atom. The van der Waals surface area contributed by atoms with Gasteiger partial charge in [-0.2, -0.15) is 0 Å². The van der Waals surface area contributed by atoms with Crippen molar-refractivity contribution in [3.63, 3.8) is 0 Å². The van der Waals surface area contributed by atoms with Gasteiger partial charge in [-0.05, 0) is 25.8 Å². The van der Waals surface area contributed by atoms with Gasteiger partial charge in [0.15, 0.2) is 0 Å². The van der Waals surface area contributed by atoms with Gasteiger partial charge in [0.25, 0.3) is 5.91 Å². The summed E-state index contributed by atoms with van der Waals surface area (Å²) in [6, 6.07) is 0.499. The molecule has 1 heterocycles. The molecule has 1 aromatic heterocycles. The van der Waals surface area contributed by atoms with Crippen LogP contribution in [0.25, 0.3) is 0 Å². The molecule has 0 aliphatic heterocycles. The van der Waals surface area contributed by atoms with E-state index in [0.29, 0.717) is 6.42 Å². The van der Waals surface area contributed by atoms with Crippen molar-refractivity contribution in [1.29, 1.82) is 0 Å². The Balaban J connectivity index is 2.22. The zero-order valence-electron chi connectivity index (χ0n) is 13.6. The number of halogens is 3. The molecule has 1 aromatic rings. The number of anilines is 1. The molecule has 2 atom stereocenters. The van der Waals surface area contributed by atoms with Crippen LogP contribution in [0.15, 0.2) is 12.3 Å². The van der Waals surface area contributed by atoms with E-state index >= 15 is 0 Å². The number of amides is 1. The van der Waals surface area contributed by atoms with Crippen molar-refractivity contribution in [2.75, 3.05) is 5.32 Å². The van der Waals surface area contributed by atoms with Crippen LogP contribution in [0.2, 0.25) is 0 Å². The average Bonchev–Trinajstić information content (AvgIpc) is 2.87. The molecule has 0 radical (unpaired) electrons. The van der Waals surface area contributed by atoms with Gasteiger partial charge in [-0.1, -0.05) is 12.8 Å². The number of carbonyl (C=O) groups is 1. The standard InChI is InChI=1S/C17H20F3N3O/c1-4-16(3,5-2)23-15(24)13-8-11(18)10-21-14(13)22-12-6-7-17(19,20)9-12/h1,8,10,12H,5-7,9H2,2-3H3,(H,21,22)(H,23,24)/t12?,16-/m1/s1. The smallest absolute Gasteiger partial charge is 0.256 e. The van der Waals surface area contributed by atoms with E-state index in [1.165, 1.54) is 0 Å². The molecule has 1 aliphatic carbocycles. The number of nitrogens with one attached hydrogen (secondary N) is 2. The summed E-state index contributed by atoms with van der Waals surface area (Å²) in [4.78, 5) is 16.3. The maximum Gasteiger partial charge on any atom is 0.256 e. The fourth-order valence-corrected chi connectivity index (χ4v) is 2.54. The molecular formula is C17H20F3N3O. The number of hydrogen-bond donors (Lipinski definition) is 2. The van der Waals surface area contributed by atoms with Crippen molar-refractivity contribution in [2.24, 2.45) is 0 Å². The Hall–Kier alpha value is -2.23. The number of nitrogens with zero attached hydrogens (tertiary/aromatic N) is 1.